The fraction of sp³-hybridized carbons (Fsp3) is 0. The van der Waals surface area contributed by atoms with Crippen molar-refractivity contribution < 1.29 is 4.42 Å². The number of rotatable bonds is 6. The van der Waals surface area contributed by atoms with Gasteiger partial charge in [0.1, 0.15) is 11.2 Å². The van der Waals surface area contributed by atoms with Crippen molar-refractivity contribution in [1.82, 2.24) is 19.9 Å². The van der Waals surface area contributed by atoms with E-state index in [1.165, 1.54) is 10.8 Å². The van der Waals surface area contributed by atoms with Gasteiger partial charge in [0.05, 0.1) is 12.1 Å². The average molecular weight is 854 g/mol. The largest absolute Gasteiger partial charge is 0.456 e. The van der Waals surface area contributed by atoms with Crippen LogP contribution in [0.25, 0.3) is 138 Å². The van der Waals surface area contributed by atoms with Gasteiger partial charge < -0.3 is 4.42 Å². The summed E-state index contributed by atoms with van der Waals surface area (Å²) in [7, 11) is 0. The van der Waals surface area contributed by atoms with Crippen molar-refractivity contribution in [1.29, 1.82) is 0 Å². The van der Waals surface area contributed by atoms with E-state index < -0.39 is 0 Å². The molecular weight excluding hydrogens is 819 g/mol. The van der Waals surface area contributed by atoms with Gasteiger partial charge in [-0.2, -0.15) is 0 Å². The monoisotopic (exact) mass is 853 g/mol. The molecule has 6 nitrogen and oxygen atoms in total. The van der Waals surface area contributed by atoms with Gasteiger partial charge in [-0.25, -0.2) is 19.8 Å². The number of para-hydroxylation sites is 1. The molecule has 0 amide bonds. The minimum atomic E-state index is 0.579. The minimum absolute atomic E-state index is 0.579. The fourth-order valence-corrected chi connectivity index (χ4v) is 9.79. The van der Waals surface area contributed by atoms with Crippen molar-refractivity contribution in [2.45, 2.75) is 0 Å². The van der Waals surface area contributed by atoms with E-state index in [4.69, 9.17) is 30.9 Å². The molecule has 310 valence electrons. The molecule has 0 saturated heterocycles. The van der Waals surface area contributed by atoms with Gasteiger partial charge in [-0.15, -0.1) is 0 Å². The highest BCUT2D eigenvalue weighted by molar-refractivity contribution is 6.23. The molecule has 67 heavy (non-hydrogen) atoms. The summed E-state index contributed by atoms with van der Waals surface area (Å²) in [5.74, 6) is 1.76. The van der Waals surface area contributed by atoms with E-state index in [0.717, 1.165) is 104 Å². The summed E-state index contributed by atoms with van der Waals surface area (Å²) in [6.45, 7) is 7.70. The van der Waals surface area contributed by atoms with Crippen LogP contribution in [0.5, 0.6) is 0 Å². The Kier molecular flexibility index (Phi) is 8.80. The predicted molar refractivity (Wildman–Crippen MR) is 274 cm³/mol. The van der Waals surface area contributed by atoms with Gasteiger partial charge >= 0.3 is 0 Å². The fourth-order valence-electron chi connectivity index (χ4n) is 9.79. The van der Waals surface area contributed by atoms with E-state index >= 15 is 0 Å². The number of pyridine rings is 1. The quantitative estimate of drug-likeness (QED) is 0.123. The zero-order chi connectivity index (χ0) is 44.4. The van der Waals surface area contributed by atoms with Crippen LogP contribution < -0.4 is 0 Å². The number of furan rings is 1. The molecule has 0 spiro atoms. The third-order valence-corrected chi connectivity index (χ3v) is 13.0. The van der Waals surface area contributed by atoms with E-state index in [1.807, 2.05) is 97.2 Å². The molecule has 13 rings (SSSR count). The number of aromatic nitrogens is 4. The normalized spacial score (nSPS) is 11.6. The molecule has 13 aromatic rings. The van der Waals surface area contributed by atoms with Gasteiger partial charge in [0.2, 0.25) is 0 Å². The Morgan fingerprint density at radius 1 is 0.328 bits per heavy atom. The highest BCUT2D eigenvalue weighted by atomic mass is 16.3. The zero-order valence-electron chi connectivity index (χ0n) is 35.9. The molecule has 0 aliphatic carbocycles. The van der Waals surface area contributed by atoms with Crippen LogP contribution in [0.3, 0.4) is 0 Å². The van der Waals surface area contributed by atoms with Crippen LogP contribution in [0.2, 0.25) is 0 Å². The van der Waals surface area contributed by atoms with Crippen LogP contribution in [-0.2, 0) is 0 Å². The summed E-state index contributed by atoms with van der Waals surface area (Å²) in [5, 5.41) is 9.81. The maximum Gasteiger partial charge on any atom is 0.194 e. The Hall–Kier alpha value is -9.31. The average Bonchev–Trinajstić information content (AvgIpc) is 3.78. The maximum absolute atomic E-state index is 7.70. The maximum atomic E-state index is 7.70. The molecule has 0 aliphatic heterocycles. The summed E-state index contributed by atoms with van der Waals surface area (Å²) in [4.78, 5) is 24.1. The molecule has 3 heterocycles. The molecule has 0 atom stereocenters. The van der Waals surface area contributed by atoms with Crippen LogP contribution in [0.4, 0.5) is 5.69 Å². The smallest absolute Gasteiger partial charge is 0.194 e. The number of nitrogens with zero attached hydrogens (tertiary/aromatic N) is 5. The molecule has 0 radical (unpaired) electrons. The van der Waals surface area contributed by atoms with E-state index in [9.17, 15) is 0 Å². The third kappa shape index (κ3) is 6.41. The van der Waals surface area contributed by atoms with Crippen LogP contribution in [0.1, 0.15) is 0 Å². The first-order chi connectivity index (χ1) is 33.1. The number of fused-ring (bicyclic) bond motifs is 9. The van der Waals surface area contributed by atoms with Gasteiger partial charge in [0.15, 0.2) is 23.2 Å². The molecule has 0 fully saturated rings. The number of hydrogen-bond donors (Lipinski definition) is 0. The molecule has 3 aromatic heterocycles. The zero-order valence-corrected chi connectivity index (χ0v) is 35.9. The SMILES string of the molecule is [C-]#[N+]c1ccc(-c2ccc(-c3cc4c5cccnc5c(-c5cccc(-c6nc(-c7ccccc7)nc(-c7ccc8oc9ccccc9c8c7)n6)c5)cc4c4ccccc34)cc2)c2ccccc12. The molecule has 6 heteroatoms. The molecule has 0 N–H and O–H groups in total. The van der Waals surface area contributed by atoms with Crippen molar-refractivity contribution in [3.05, 3.63) is 224 Å². The second kappa shape index (κ2) is 15.4. The van der Waals surface area contributed by atoms with Crippen LogP contribution >= 0.6 is 0 Å². The second-order valence-corrected chi connectivity index (χ2v) is 16.8. The minimum Gasteiger partial charge on any atom is -0.456 e. The molecule has 0 bridgehead atoms. The van der Waals surface area contributed by atoms with Crippen LogP contribution in [-0.4, -0.2) is 19.9 Å². The molecule has 0 aliphatic rings. The molecular formula is C61H35N5O. The molecule has 10 aromatic carbocycles. The van der Waals surface area contributed by atoms with E-state index in [2.05, 4.69) is 120 Å². The standard InChI is InChI=1S/C61H35N5O/c1-62-55-30-29-43(44-17-7-8-20-47(44)55)37-24-26-38(27-25-37)50-35-53-49-22-12-32-63-58(49)51(36-52(53)46-19-6-5-18-45(46)50)40-15-11-16-41(33-40)60-64-59(39-13-3-2-4-14-39)65-61(66-60)42-28-31-57-54(34-42)48-21-9-10-23-56(48)67-57/h2-36H. The Labute approximate surface area is 385 Å². The van der Waals surface area contributed by atoms with E-state index in [0.29, 0.717) is 23.2 Å². The highest BCUT2D eigenvalue weighted by Crippen LogP contribution is 2.43. The van der Waals surface area contributed by atoms with Crippen molar-refractivity contribution >= 4 is 70.8 Å². The lowest BCUT2D eigenvalue weighted by atomic mass is 9.88. The lowest BCUT2D eigenvalue weighted by molar-refractivity contribution is 0.669. The van der Waals surface area contributed by atoms with Gasteiger partial charge in [-0.05, 0) is 109 Å². The van der Waals surface area contributed by atoms with Crippen LogP contribution in [0, 0.1) is 6.57 Å². The lowest BCUT2D eigenvalue weighted by Gasteiger charge is -2.16. The topological polar surface area (TPSA) is 69.1 Å². The summed E-state index contributed by atoms with van der Waals surface area (Å²) < 4.78 is 6.16. The Morgan fingerprint density at radius 3 is 1.66 bits per heavy atom. The van der Waals surface area contributed by atoms with E-state index in [-0.39, 0.29) is 0 Å². The van der Waals surface area contributed by atoms with Gasteiger partial charge in [0.25, 0.3) is 0 Å². The summed E-state index contributed by atoms with van der Waals surface area (Å²) in [6.07, 6.45) is 1.88. The van der Waals surface area contributed by atoms with Crippen molar-refractivity contribution in [3.63, 3.8) is 0 Å². The second-order valence-electron chi connectivity index (χ2n) is 16.8. The molecule has 0 saturated carbocycles. The Balaban J connectivity index is 0.942. The summed E-state index contributed by atoms with van der Waals surface area (Å²) in [6, 6.07) is 71.3. The lowest BCUT2D eigenvalue weighted by Crippen LogP contribution is -2.00. The number of hydrogen-bond acceptors (Lipinski definition) is 5. The first kappa shape index (κ1) is 38.2. The van der Waals surface area contributed by atoms with Crippen molar-refractivity contribution in [2.75, 3.05) is 0 Å². The highest BCUT2D eigenvalue weighted by Gasteiger charge is 2.19. The van der Waals surface area contributed by atoms with Gasteiger partial charge in [-0.1, -0.05) is 158 Å². The van der Waals surface area contributed by atoms with Gasteiger partial charge in [-0.3, -0.25) is 4.98 Å². The summed E-state index contributed by atoms with van der Waals surface area (Å²) >= 11 is 0. The van der Waals surface area contributed by atoms with Gasteiger partial charge in [0, 0.05) is 44.6 Å². The molecule has 0 unspecified atom stereocenters. The first-order valence-corrected chi connectivity index (χ1v) is 22.2. The Morgan fingerprint density at radius 2 is 0.881 bits per heavy atom. The summed E-state index contributed by atoms with van der Waals surface area (Å²) in [5.41, 5.74) is 12.4. The van der Waals surface area contributed by atoms with Crippen molar-refractivity contribution in [3.8, 4) is 67.5 Å². The predicted octanol–water partition coefficient (Wildman–Crippen LogP) is 16.3. The van der Waals surface area contributed by atoms with E-state index in [1.54, 1.807) is 0 Å². The Bertz CT molecular complexity index is 4170. The number of benzene rings is 10. The third-order valence-electron chi connectivity index (χ3n) is 13.0. The van der Waals surface area contributed by atoms with Crippen LogP contribution in [0.15, 0.2) is 217 Å². The van der Waals surface area contributed by atoms with Crippen molar-refractivity contribution in [2.24, 2.45) is 0 Å². The first-order valence-electron chi connectivity index (χ1n) is 22.2.